The zero-order valence-electron chi connectivity index (χ0n) is 14.2. The fourth-order valence-electron chi connectivity index (χ4n) is 3.20. The average Bonchev–Trinajstić information content (AvgIpc) is 3.03. The van der Waals surface area contributed by atoms with E-state index in [0.29, 0.717) is 12.5 Å². The minimum Gasteiger partial charge on any atom is -0.378 e. The standard InChI is InChI=1S/C18H27N3O2S/c22-17(13-15-14-21-10-12-24-18(21)20-15)19-9-5-6-11-23-16-7-3-1-2-4-8-16/h10,12,14,16H,1-9,11,13H2,(H,19,22). The van der Waals surface area contributed by atoms with Gasteiger partial charge < -0.3 is 10.1 Å². The highest BCUT2D eigenvalue weighted by molar-refractivity contribution is 7.15. The van der Waals surface area contributed by atoms with E-state index in [2.05, 4.69) is 10.3 Å². The van der Waals surface area contributed by atoms with Crippen molar-refractivity contribution in [2.75, 3.05) is 13.2 Å². The van der Waals surface area contributed by atoms with Gasteiger partial charge in [0.2, 0.25) is 5.91 Å². The molecule has 0 bridgehead atoms. The van der Waals surface area contributed by atoms with Crippen LogP contribution in [0.2, 0.25) is 0 Å². The maximum absolute atomic E-state index is 11.9. The lowest BCUT2D eigenvalue weighted by molar-refractivity contribution is -0.120. The summed E-state index contributed by atoms with van der Waals surface area (Å²) in [5.41, 5.74) is 0.830. The predicted octanol–water partition coefficient (Wildman–Crippen LogP) is 3.57. The summed E-state index contributed by atoms with van der Waals surface area (Å²) in [6.45, 7) is 1.53. The Kier molecular flexibility index (Phi) is 6.66. The Morgan fingerprint density at radius 3 is 2.92 bits per heavy atom. The molecule has 0 spiro atoms. The molecule has 0 atom stereocenters. The summed E-state index contributed by atoms with van der Waals surface area (Å²) < 4.78 is 7.92. The largest absolute Gasteiger partial charge is 0.378 e. The number of rotatable bonds is 8. The molecule has 1 amide bonds. The van der Waals surface area contributed by atoms with Crippen molar-refractivity contribution >= 4 is 22.2 Å². The molecular formula is C18H27N3O2S. The SMILES string of the molecule is O=C(Cc1cn2ccsc2n1)NCCCCOC1CCCCCC1. The Hall–Kier alpha value is -1.40. The number of thiazole rings is 1. The molecule has 6 heteroatoms. The number of unbranched alkanes of at least 4 members (excludes halogenated alkanes) is 1. The number of fused-ring (bicyclic) bond motifs is 1. The van der Waals surface area contributed by atoms with Gasteiger partial charge in [-0.25, -0.2) is 4.98 Å². The molecule has 1 saturated carbocycles. The fourth-order valence-corrected chi connectivity index (χ4v) is 3.92. The first-order valence-corrected chi connectivity index (χ1v) is 9.98. The van der Waals surface area contributed by atoms with E-state index in [1.807, 2.05) is 22.2 Å². The van der Waals surface area contributed by atoms with Crippen LogP contribution in [0.15, 0.2) is 17.8 Å². The molecule has 2 aromatic rings. The van der Waals surface area contributed by atoms with Gasteiger partial charge in [0.25, 0.3) is 0 Å². The first-order chi connectivity index (χ1) is 11.8. The highest BCUT2D eigenvalue weighted by Gasteiger charge is 2.12. The number of hydrogen-bond donors (Lipinski definition) is 1. The van der Waals surface area contributed by atoms with Gasteiger partial charge in [0.1, 0.15) is 0 Å². The monoisotopic (exact) mass is 349 g/mol. The van der Waals surface area contributed by atoms with Gasteiger partial charge >= 0.3 is 0 Å². The maximum Gasteiger partial charge on any atom is 0.226 e. The van der Waals surface area contributed by atoms with Crippen LogP contribution in [0.25, 0.3) is 4.96 Å². The van der Waals surface area contributed by atoms with Crippen molar-refractivity contribution in [3.05, 3.63) is 23.5 Å². The van der Waals surface area contributed by atoms with Crippen molar-refractivity contribution in [1.29, 1.82) is 0 Å². The smallest absolute Gasteiger partial charge is 0.226 e. The van der Waals surface area contributed by atoms with Gasteiger partial charge in [0.05, 0.1) is 18.2 Å². The van der Waals surface area contributed by atoms with E-state index >= 15 is 0 Å². The number of nitrogens with one attached hydrogen (secondary N) is 1. The predicted molar refractivity (Wildman–Crippen MR) is 96.5 cm³/mol. The quantitative estimate of drug-likeness (QED) is 0.585. The van der Waals surface area contributed by atoms with Gasteiger partial charge in [0.15, 0.2) is 4.96 Å². The zero-order chi connectivity index (χ0) is 16.6. The second kappa shape index (κ2) is 9.18. The molecule has 24 heavy (non-hydrogen) atoms. The summed E-state index contributed by atoms with van der Waals surface area (Å²) >= 11 is 1.58. The molecule has 0 unspecified atom stereocenters. The molecule has 1 N–H and O–H groups in total. The summed E-state index contributed by atoms with van der Waals surface area (Å²) in [6, 6.07) is 0. The summed E-state index contributed by atoms with van der Waals surface area (Å²) in [6.07, 6.45) is 14.5. The topological polar surface area (TPSA) is 55.6 Å². The van der Waals surface area contributed by atoms with Crippen molar-refractivity contribution in [3.63, 3.8) is 0 Å². The highest BCUT2D eigenvalue weighted by Crippen LogP contribution is 2.19. The van der Waals surface area contributed by atoms with Crippen LogP contribution >= 0.6 is 11.3 Å². The molecule has 5 nitrogen and oxygen atoms in total. The second-order valence-corrected chi connectivity index (χ2v) is 7.42. The van der Waals surface area contributed by atoms with Crippen LogP contribution < -0.4 is 5.32 Å². The van der Waals surface area contributed by atoms with E-state index in [9.17, 15) is 4.79 Å². The van der Waals surface area contributed by atoms with E-state index in [1.54, 1.807) is 11.3 Å². The lowest BCUT2D eigenvalue weighted by Crippen LogP contribution is -2.26. The van der Waals surface area contributed by atoms with Gasteiger partial charge in [-0.3, -0.25) is 9.20 Å². The number of amides is 1. The molecule has 0 aliphatic heterocycles. The Bertz CT molecular complexity index is 601. The van der Waals surface area contributed by atoms with Crippen molar-refractivity contribution < 1.29 is 9.53 Å². The summed E-state index contributed by atoms with van der Waals surface area (Å²) in [5, 5.41) is 4.97. The molecule has 1 aliphatic carbocycles. The van der Waals surface area contributed by atoms with E-state index in [4.69, 9.17) is 4.74 Å². The van der Waals surface area contributed by atoms with Gasteiger partial charge in [-0.15, -0.1) is 11.3 Å². The number of carbonyl (C=O) groups is 1. The summed E-state index contributed by atoms with van der Waals surface area (Å²) in [4.78, 5) is 17.3. The van der Waals surface area contributed by atoms with Crippen molar-refractivity contribution in [1.82, 2.24) is 14.7 Å². The van der Waals surface area contributed by atoms with Gasteiger partial charge in [-0.1, -0.05) is 25.7 Å². The average molecular weight is 350 g/mol. The van der Waals surface area contributed by atoms with Crippen LogP contribution in [-0.2, 0) is 16.0 Å². The zero-order valence-corrected chi connectivity index (χ0v) is 15.0. The lowest BCUT2D eigenvalue weighted by Gasteiger charge is -2.15. The lowest BCUT2D eigenvalue weighted by atomic mass is 10.1. The van der Waals surface area contributed by atoms with Crippen molar-refractivity contribution in [3.8, 4) is 0 Å². The molecule has 132 valence electrons. The van der Waals surface area contributed by atoms with Crippen LogP contribution in [0.1, 0.15) is 57.1 Å². The van der Waals surface area contributed by atoms with Crippen LogP contribution in [0, 0.1) is 0 Å². The van der Waals surface area contributed by atoms with Crippen molar-refractivity contribution in [2.24, 2.45) is 0 Å². The number of ether oxygens (including phenoxy) is 1. The number of imidazole rings is 1. The van der Waals surface area contributed by atoms with Gasteiger partial charge in [0, 0.05) is 30.9 Å². The van der Waals surface area contributed by atoms with Gasteiger partial charge in [-0.2, -0.15) is 0 Å². The normalized spacial score (nSPS) is 16.3. The van der Waals surface area contributed by atoms with Crippen LogP contribution in [-0.4, -0.2) is 34.5 Å². The fraction of sp³-hybridized carbons (Fsp3) is 0.667. The first kappa shape index (κ1) is 17.4. The molecule has 2 heterocycles. The van der Waals surface area contributed by atoms with E-state index in [1.165, 1.54) is 38.5 Å². The number of hydrogen-bond acceptors (Lipinski definition) is 4. The number of carbonyl (C=O) groups excluding carboxylic acids is 1. The van der Waals surface area contributed by atoms with Crippen molar-refractivity contribution in [2.45, 2.75) is 63.9 Å². The van der Waals surface area contributed by atoms with E-state index in [0.717, 1.165) is 36.6 Å². The third-order valence-electron chi connectivity index (χ3n) is 4.53. The molecule has 0 radical (unpaired) electrons. The van der Waals surface area contributed by atoms with E-state index < -0.39 is 0 Å². The maximum atomic E-state index is 11.9. The summed E-state index contributed by atoms with van der Waals surface area (Å²) in [5.74, 6) is 0.0467. The Balaban J connectivity index is 1.25. The number of nitrogens with zero attached hydrogens (tertiary/aromatic N) is 2. The highest BCUT2D eigenvalue weighted by atomic mass is 32.1. The molecular weight excluding hydrogens is 322 g/mol. The first-order valence-electron chi connectivity index (χ1n) is 9.10. The molecule has 2 aromatic heterocycles. The molecule has 3 rings (SSSR count). The third-order valence-corrected chi connectivity index (χ3v) is 5.30. The third kappa shape index (κ3) is 5.31. The minimum atomic E-state index is 0.0467. The Morgan fingerprint density at radius 2 is 2.12 bits per heavy atom. The minimum absolute atomic E-state index is 0.0467. The Morgan fingerprint density at radius 1 is 1.29 bits per heavy atom. The number of aromatic nitrogens is 2. The molecule has 0 aromatic carbocycles. The Labute approximate surface area is 147 Å². The van der Waals surface area contributed by atoms with Crippen LogP contribution in [0.4, 0.5) is 0 Å². The molecule has 0 saturated heterocycles. The van der Waals surface area contributed by atoms with Gasteiger partial charge in [-0.05, 0) is 25.7 Å². The molecule has 1 fully saturated rings. The molecule has 1 aliphatic rings. The second-order valence-electron chi connectivity index (χ2n) is 6.54. The van der Waals surface area contributed by atoms with Crippen LogP contribution in [0.5, 0.6) is 0 Å². The van der Waals surface area contributed by atoms with Crippen LogP contribution in [0.3, 0.4) is 0 Å². The van der Waals surface area contributed by atoms with E-state index in [-0.39, 0.29) is 5.91 Å². The summed E-state index contributed by atoms with van der Waals surface area (Å²) in [7, 11) is 0.